The van der Waals surface area contributed by atoms with E-state index in [9.17, 15) is 14.4 Å². The van der Waals surface area contributed by atoms with Crippen molar-refractivity contribution >= 4 is 50.4 Å². The average molecular weight is 584 g/mol. The van der Waals surface area contributed by atoms with Gasteiger partial charge in [-0.1, -0.05) is 84.7 Å². The highest BCUT2D eigenvalue weighted by Crippen LogP contribution is 2.59. The fourth-order valence-electron chi connectivity index (χ4n) is 6.78. The summed E-state index contributed by atoms with van der Waals surface area (Å²) in [6.07, 6.45) is 2.10. The first kappa shape index (κ1) is 25.8. The van der Waals surface area contributed by atoms with Crippen LogP contribution < -0.4 is 10.2 Å². The van der Waals surface area contributed by atoms with Gasteiger partial charge in [-0.2, -0.15) is 0 Å². The van der Waals surface area contributed by atoms with Crippen LogP contribution in [0.15, 0.2) is 77.3 Å². The number of rotatable bonds is 3. The Morgan fingerprint density at radius 1 is 0.974 bits per heavy atom. The number of fused-ring (bicyclic) bond motifs is 6. The van der Waals surface area contributed by atoms with Crippen molar-refractivity contribution in [1.82, 2.24) is 0 Å². The minimum absolute atomic E-state index is 0.0588. The highest BCUT2D eigenvalue weighted by Gasteiger charge is 2.71. The van der Waals surface area contributed by atoms with Gasteiger partial charge in [0.2, 0.25) is 5.91 Å². The minimum atomic E-state index is -1.28. The Balaban J connectivity index is 1.70. The summed E-state index contributed by atoms with van der Waals surface area (Å²) in [5, 5.41) is 3.09. The average Bonchev–Trinajstić information content (AvgIpc) is 3.35. The summed E-state index contributed by atoms with van der Waals surface area (Å²) in [6, 6.07) is 19.6. The maximum Gasteiger partial charge on any atom is 0.238 e. The predicted molar refractivity (Wildman–Crippen MR) is 158 cm³/mol. The summed E-state index contributed by atoms with van der Waals surface area (Å²) in [6.45, 7) is 9.76. The molecular weight excluding hydrogens is 552 g/mol. The van der Waals surface area contributed by atoms with Gasteiger partial charge in [0.25, 0.3) is 0 Å². The number of nitrogens with zero attached hydrogens (tertiary/aromatic N) is 1. The Labute approximate surface area is 237 Å². The fraction of sp³-hybridized carbons (Fsp3) is 0.303. The van der Waals surface area contributed by atoms with Crippen molar-refractivity contribution in [2.24, 2.45) is 11.3 Å². The number of anilines is 2. The minimum Gasteiger partial charge on any atom is -0.352 e. The van der Waals surface area contributed by atoms with Crippen molar-refractivity contribution in [3.05, 3.63) is 99.5 Å². The van der Waals surface area contributed by atoms with E-state index in [0.29, 0.717) is 11.3 Å². The van der Waals surface area contributed by atoms with Crippen molar-refractivity contribution in [2.45, 2.75) is 52.1 Å². The van der Waals surface area contributed by atoms with Gasteiger partial charge in [0, 0.05) is 32.4 Å². The quantitative estimate of drug-likeness (QED) is 0.347. The van der Waals surface area contributed by atoms with Crippen LogP contribution in [0.3, 0.4) is 0 Å². The van der Waals surface area contributed by atoms with E-state index < -0.39 is 28.8 Å². The highest BCUT2D eigenvalue weighted by molar-refractivity contribution is 9.10. The maximum atomic E-state index is 14.7. The third-order valence-electron chi connectivity index (χ3n) is 8.55. The fourth-order valence-corrected chi connectivity index (χ4v) is 7.05. The summed E-state index contributed by atoms with van der Waals surface area (Å²) in [4.78, 5) is 45.6. The van der Waals surface area contributed by atoms with Crippen LogP contribution in [-0.2, 0) is 15.0 Å². The monoisotopic (exact) mass is 582 g/mol. The summed E-state index contributed by atoms with van der Waals surface area (Å²) >= 11 is 3.46. The predicted octanol–water partition coefficient (Wildman–Crippen LogP) is 6.74. The molecular formula is C33H31BrN2O3. The Morgan fingerprint density at radius 2 is 1.67 bits per heavy atom. The molecule has 39 heavy (non-hydrogen) atoms. The first-order valence-corrected chi connectivity index (χ1v) is 14.1. The number of Topliss-reactive ketones (excluding diaryl/α,β-unsaturated/α-hetero) is 2. The molecule has 3 aliphatic heterocycles. The molecule has 3 aliphatic rings. The largest absolute Gasteiger partial charge is 0.352 e. The van der Waals surface area contributed by atoms with Crippen molar-refractivity contribution in [1.29, 1.82) is 0 Å². The lowest BCUT2D eigenvalue weighted by atomic mass is 9.63. The lowest BCUT2D eigenvalue weighted by molar-refractivity contribution is -0.128. The Hall–Kier alpha value is -3.51. The van der Waals surface area contributed by atoms with Crippen LogP contribution in [0.2, 0.25) is 0 Å². The van der Waals surface area contributed by atoms with Crippen molar-refractivity contribution in [2.75, 3.05) is 10.2 Å². The normalized spacial score (nSPS) is 25.1. The molecule has 0 saturated carbocycles. The first-order chi connectivity index (χ1) is 18.5. The van der Waals surface area contributed by atoms with Gasteiger partial charge in [-0.3, -0.25) is 14.4 Å². The lowest BCUT2D eigenvalue weighted by Crippen LogP contribution is -2.51. The van der Waals surface area contributed by atoms with Crippen LogP contribution in [0.5, 0.6) is 0 Å². The number of halogens is 1. The molecule has 1 amide bonds. The van der Waals surface area contributed by atoms with E-state index in [-0.39, 0.29) is 17.5 Å². The van der Waals surface area contributed by atoms with Gasteiger partial charge in [0.1, 0.15) is 11.5 Å². The van der Waals surface area contributed by atoms with E-state index in [0.717, 1.165) is 32.4 Å². The van der Waals surface area contributed by atoms with E-state index in [4.69, 9.17) is 0 Å². The SMILES string of the molecule is CC1=C[C@@H]2N(c3ccc(C)cc31)[C@H](C(=O)C(C)(C)C)[C@@H](C(=O)c1ccc(Br)cc1)[C@@]21C(=O)Nc2ccccc21. The molecule has 1 fully saturated rings. The molecule has 1 N–H and O–H groups in total. The number of hydrogen-bond donors (Lipinski definition) is 1. The van der Waals surface area contributed by atoms with Crippen LogP contribution in [0.25, 0.3) is 5.57 Å². The van der Waals surface area contributed by atoms with Crippen LogP contribution in [0.1, 0.15) is 54.7 Å². The van der Waals surface area contributed by atoms with Crippen LogP contribution in [0.4, 0.5) is 11.4 Å². The second kappa shape index (κ2) is 8.75. The molecule has 0 aromatic heterocycles. The zero-order valence-corrected chi connectivity index (χ0v) is 24.3. The third-order valence-corrected chi connectivity index (χ3v) is 9.08. The van der Waals surface area contributed by atoms with Gasteiger partial charge in [0.15, 0.2) is 11.6 Å². The van der Waals surface area contributed by atoms with Crippen molar-refractivity contribution in [3.8, 4) is 0 Å². The lowest BCUT2D eigenvalue weighted by Gasteiger charge is -2.40. The molecule has 0 unspecified atom stereocenters. The number of ketones is 2. The number of allylic oxidation sites excluding steroid dienone is 1. The number of carbonyl (C=O) groups is 3. The molecule has 198 valence electrons. The van der Waals surface area contributed by atoms with Gasteiger partial charge in [-0.05, 0) is 55.3 Å². The van der Waals surface area contributed by atoms with Gasteiger partial charge in [0.05, 0.1) is 12.0 Å². The van der Waals surface area contributed by atoms with Gasteiger partial charge < -0.3 is 10.2 Å². The van der Waals surface area contributed by atoms with E-state index in [2.05, 4.69) is 38.3 Å². The van der Waals surface area contributed by atoms with Crippen LogP contribution in [0, 0.1) is 18.3 Å². The van der Waals surface area contributed by atoms with Gasteiger partial charge >= 0.3 is 0 Å². The smallest absolute Gasteiger partial charge is 0.238 e. The molecule has 0 bridgehead atoms. The second-order valence-electron chi connectivity index (χ2n) is 12.0. The topological polar surface area (TPSA) is 66.5 Å². The molecule has 3 aromatic rings. The van der Waals surface area contributed by atoms with E-state index in [1.807, 2.05) is 83.1 Å². The standard InChI is InChI=1S/C33H31BrN2O3/c1-18-10-15-25-22(16-18)19(2)17-26-33(23-8-6-7-9-24(23)35-31(33)39)27(28(36(25)26)30(38)32(3,4)5)29(37)20-11-13-21(34)14-12-20/h6-17,26-28H,1-5H3,(H,35,39)/t26-,27-,28-,33-/m0/s1. The van der Waals surface area contributed by atoms with E-state index in [1.54, 1.807) is 12.1 Å². The zero-order valence-electron chi connectivity index (χ0n) is 22.7. The molecule has 3 heterocycles. The zero-order chi connectivity index (χ0) is 27.9. The van der Waals surface area contributed by atoms with Crippen molar-refractivity contribution < 1.29 is 14.4 Å². The van der Waals surface area contributed by atoms with Crippen molar-refractivity contribution in [3.63, 3.8) is 0 Å². The number of carbonyl (C=O) groups excluding carboxylic acids is 3. The maximum absolute atomic E-state index is 14.7. The molecule has 1 saturated heterocycles. The Kier molecular flexibility index (Phi) is 5.78. The highest BCUT2D eigenvalue weighted by atomic mass is 79.9. The summed E-state index contributed by atoms with van der Waals surface area (Å²) < 4.78 is 0.853. The summed E-state index contributed by atoms with van der Waals surface area (Å²) in [5.41, 5.74) is 3.97. The van der Waals surface area contributed by atoms with Crippen LogP contribution >= 0.6 is 15.9 Å². The van der Waals surface area contributed by atoms with Gasteiger partial charge in [-0.25, -0.2) is 0 Å². The Morgan fingerprint density at radius 3 is 2.36 bits per heavy atom. The van der Waals surface area contributed by atoms with E-state index in [1.165, 1.54) is 0 Å². The number of nitrogens with one attached hydrogen (secondary N) is 1. The summed E-state index contributed by atoms with van der Waals surface area (Å²) in [5.74, 6) is -1.43. The molecule has 3 aromatic carbocycles. The number of para-hydroxylation sites is 1. The number of benzene rings is 3. The van der Waals surface area contributed by atoms with E-state index >= 15 is 0 Å². The molecule has 4 atom stereocenters. The third kappa shape index (κ3) is 3.61. The molecule has 0 aliphatic carbocycles. The van der Waals surface area contributed by atoms with Crippen LogP contribution in [-0.4, -0.2) is 29.6 Å². The molecule has 0 radical (unpaired) electrons. The number of hydrogen-bond acceptors (Lipinski definition) is 4. The first-order valence-electron chi connectivity index (χ1n) is 13.3. The number of amides is 1. The molecule has 5 nitrogen and oxygen atoms in total. The molecule has 6 heteroatoms. The molecule has 1 spiro atoms. The molecule has 6 rings (SSSR count). The number of aryl methyl sites for hydroxylation is 1. The summed E-state index contributed by atoms with van der Waals surface area (Å²) in [7, 11) is 0. The Bertz CT molecular complexity index is 1580. The van der Waals surface area contributed by atoms with Gasteiger partial charge in [-0.15, -0.1) is 0 Å². The second-order valence-corrected chi connectivity index (χ2v) is 12.9.